The zero-order chi connectivity index (χ0) is 22.4. The van der Waals surface area contributed by atoms with Crippen molar-refractivity contribution in [2.75, 3.05) is 25.1 Å². The third kappa shape index (κ3) is 6.04. The van der Waals surface area contributed by atoms with E-state index in [1.807, 2.05) is 30.3 Å². The summed E-state index contributed by atoms with van der Waals surface area (Å²) in [6.45, 7) is 0.637. The molecule has 0 saturated carbocycles. The maximum Gasteiger partial charge on any atom is 0.263 e. The van der Waals surface area contributed by atoms with Crippen LogP contribution in [0.4, 0.5) is 0 Å². The highest BCUT2D eigenvalue weighted by Crippen LogP contribution is 2.21. The zero-order valence-electron chi connectivity index (χ0n) is 17.5. The summed E-state index contributed by atoms with van der Waals surface area (Å²) in [5, 5.41) is 5.27. The van der Waals surface area contributed by atoms with Crippen molar-refractivity contribution in [3.63, 3.8) is 0 Å². The maximum atomic E-state index is 12.7. The second-order valence-electron chi connectivity index (χ2n) is 7.78. The highest BCUT2D eigenvalue weighted by molar-refractivity contribution is 7.91. The van der Waals surface area contributed by atoms with Crippen LogP contribution in [0.2, 0.25) is 0 Å². The number of hydrogen-bond donors (Lipinski definition) is 2. The van der Waals surface area contributed by atoms with E-state index >= 15 is 0 Å². The number of nitrogens with one attached hydrogen (secondary N) is 2. The van der Waals surface area contributed by atoms with Gasteiger partial charge in [0.05, 0.1) is 23.6 Å². The van der Waals surface area contributed by atoms with E-state index in [9.17, 15) is 22.8 Å². The number of sulfone groups is 1. The molecule has 0 bridgehead atoms. The number of pyridine rings is 1. The summed E-state index contributed by atoms with van der Waals surface area (Å²) >= 11 is 0. The summed E-state index contributed by atoms with van der Waals surface area (Å²) in [6, 6.07) is 10.6. The number of nitrogens with zero attached hydrogens (tertiary/aromatic N) is 1. The normalized spacial score (nSPS) is 15.9. The van der Waals surface area contributed by atoms with Gasteiger partial charge in [0.2, 0.25) is 0 Å². The first kappa shape index (κ1) is 22.7. The number of carbonyl (C=O) groups is 2. The first-order chi connectivity index (χ1) is 14.8. The lowest BCUT2D eigenvalue weighted by molar-refractivity contribution is 0.0950. The van der Waals surface area contributed by atoms with E-state index in [0.717, 1.165) is 5.56 Å². The second-order valence-corrected chi connectivity index (χ2v) is 10.1. The first-order valence-corrected chi connectivity index (χ1v) is 12.1. The fourth-order valence-corrected chi connectivity index (χ4v) is 5.26. The van der Waals surface area contributed by atoms with Gasteiger partial charge < -0.3 is 15.2 Å². The van der Waals surface area contributed by atoms with Gasteiger partial charge in [-0.25, -0.2) is 8.42 Å². The Morgan fingerprint density at radius 3 is 2.42 bits per heavy atom. The minimum atomic E-state index is -2.91. The van der Waals surface area contributed by atoms with Crippen molar-refractivity contribution >= 4 is 21.7 Å². The molecule has 1 aromatic heterocycles. The fourth-order valence-electron chi connectivity index (χ4n) is 3.67. The Morgan fingerprint density at radius 1 is 1.10 bits per heavy atom. The Bertz CT molecular complexity index is 1100. The average Bonchev–Trinajstić information content (AvgIpc) is 2.76. The monoisotopic (exact) mass is 445 g/mol. The molecule has 0 unspecified atom stereocenters. The van der Waals surface area contributed by atoms with E-state index in [2.05, 4.69) is 10.6 Å². The van der Waals surface area contributed by atoms with Gasteiger partial charge in [0, 0.05) is 19.8 Å². The van der Waals surface area contributed by atoms with Crippen molar-refractivity contribution < 1.29 is 18.0 Å². The third-order valence-corrected chi connectivity index (χ3v) is 7.24. The fraction of sp³-hybridized carbons (Fsp3) is 0.409. The molecule has 1 saturated heterocycles. The van der Waals surface area contributed by atoms with Crippen LogP contribution in [-0.2, 0) is 16.4 Å². The van der Waals surface area contributed by atoms with Crippen molar-refractivity contribution in [3.05, 3.63) is 69.6 Å². The number of benzene rings is 1. The van der Waals surface area contributed by atoms with Gasteiger partial charge in [-0.1, -0.05) is 30.3 Å². The smallest absolute Gasteiger partial charge is 0.263 e. The van der Waals surface area contributed by atoms with Crippen LogP contribution in [0.15, 0.2) is 47.4 Å². The number of carbonyl (C=O) groups excluding carboxylic acids is 2. The maximum absolute atomic E-state index is 12.7. The summed E-state index contributed by atoms with van der Waals surface area (Å²) < 4.78 is 24.4. The Labute approximate surface area is 181 Å². The Morgan fingerprint density at radius 2 is 1.77 bits per heavy atom. The van der Waals surface area contributed by atoms with Gasteiger partial charge >= 0.3 is 0 Å². The molecule has 2 aromatic rings. The van der Waals surface area contributed by atoms with Crippen LogP contribution in [0, 0.1) is 5.92 Å². The van der Waals surface area contributed by atoms with Crippen LogP contribution >= 0.6 is 0 Å². The highest BCUT2D eigenvalue weighted by atomic mass is 32.2. The minimum Gasteiger partial charge on any atom is -0.355 e. The molecule has 166 valence electrons. The number of aromatic nitrogens is 1. The second kappa shape index (κ2) is 9.91. The molecule has 2 heterocycles. The van der Waals surface area contributed by atoms with Crippen molar-refractivity contribution in [1.29, 1.82) is 0 Å². The van der Waals surface area contributed by atoms with E-state index in [-0.39, 0.29) is 41.0 Å². The predicted octanol–water partition coefficient (Wildman–Crippen LogP) is 1.20. The van der Waals surface area contributed by atoms with Gasteiger partial charge in [-0.3, -0.25) is 14.4 Å². The van der Waals surface area contributed by atoms with Crippen LogP contribution in [0.5, 0.6) is 0 Å². The van der Waals surface area contributed by atoms with Crippen molar-refractivity contribution in [2.24, 2.45) is 5.92 Å². The average molecular weight is 446 g/mol. The largest absolute Gasteiger partial charge is 0.355 e. The summed E-state index contributed by atoms with van der Waals surface area (Å²) in [5.41, 5.74) is 0.532. The molecule has 2 N–H and O–H groups in total. The van der Waals surface area contributed by atoms with Gasteiger partial charge in [-0.05, 0) is 36.8 Å². The Balaban J connectivity index is 1.73. The lowest BCUT2D eigenvalue weighted by Crippen LogP contribution is -2.34. The molecule has 2 amide bonds. The van der Waals surface area contributed by atoms with Gasteiger partial charge in [0.15, 0.2) is 0 Å². The van der Waals surface area contributed by atoms with E-state index < -0.39 is 21.3 Å². The SMILES string of the molecule is CNC(=O)c1cc(C(=O)NCCC2CCS(=O)(=O)CC2)cn(Cc2ccccc2)c1=O. The lowest BCUT2D eigenvalue weighted by Gasteiger charge is -2.21. The molecule has 9 heteroatoms. The molecular formula is C22H27N3O5S. The highest BCUT2D eigenvalue weighted by Gasteiger charge is 2.23. The molecule has 1 aliphatic heterocycles. The molecule has 1 fully saturated rings. The number of rotatable bonds is 7. The molecule has 3 rings (SSSR count). The molecule has 1 aromatic carbocycles. The standard InChI is InChI=1S/C22H27N3O5S/c1-23-21(27)19-13-18(15-25(22(19)28)14-17-5-3-2-4-6-17)20(26)24-10-7-16-8-11-31(29,30)12-9-16/h2-6,13,15-16H,7-12,14H2,1H3,(H,23,27)(H,24,26). The van der Waals surface area contributed by atoms with E-state index in [0.29, 0.717) is 25.8 Å². The molecule has 1 aliphatic rings. The lowest BCUT2D eigenvalue weighted by atomic mass is 9.99. The summed E-state index contributed by atoms with van der Waals surface area (Å²) in [6.07, 6.45) is 3.37. The van der Waals surface area contributed by atoms with Gasteiger partial charge in [0.25, 0.3) is 17.4 Å². The van der Waals surface area contributed by atoms with Crippen LogP contribution in [0.1, 0.15) is 45.5 Å². The Hall–Kier alpha value is -2.94. The molecule has 0 spiro atoms. The Kier molecular flexibility index (Phi) is 7.27. The van der Waals surface area contributed by atoms with E-state index in [1.54, 1.807) is 0 Å². The van der Waals surface area contributed by atoms with Gasteiger partial charge in [0.1, 0.15) is 15.4 Å². The summed E-state index contributed by atoms with van der Waals surface area (Å²) in [7, 11) is -1.48. The first-order valence-electron chi connectivity index (χ1n) is 10.3. The van der Waals surface area contributed by atoms with Crippen molar-refractivity contribution in [1.82, 2.24) is 15.2 Å². The number of hydrogen-bond acceptors (Lipinski definition) is 5. The molecule has 8 nitrogen and oxygen atoms in total. The molecule has 0 atom stereocenters. The molecule has 0 radical (unpaired) electrons. The van der Waals surface area contributed by atoms with E-state index in [4.69, 9.17) is 0 Å². The third-order valence-electron chi connectivity index (χ3n) is 5.53. The molecule has 31 heavy (non-hydrogen) atoms. The predicted molar refractivity (Wildman–Crippen MR) is 118 cm³/mol. The molecular weight excluding hydrogens is 418 g/mol. The van der Waals surface area contributed by atoms with Crippen LogP contribution in [0.25, 0.3) is 0 Å². The quantitative estimate of drug-likeness (QED) is 0.665. The molecule has 0 aliphatic carbocycles. The summed E-state index contributed by atoms with van der Waals surface area (Å²) in [4.78, 5) is 37.6. The van der Waals surface area contributed by atoms with Crippen LogP contribution in [-0.4, -0.2) is 49.9 Å². The number of amides is 2. The van der Waals surface area contributed by atoms with Crippen LogP contribution in [0.3, 0.4) is 0 Å². The van der Waals surface area contributed by atoms with Gasteiger partial charge in [-0.2, -0.15) is 0 Å². The van der Waals surface area contributed by atoms with E-state index in [1.165, 1.54) is 23.9 Å². The minimum absolute atomic E-state index is 0.0939. The van der Waals surface area contributed by atoms with Crippen LogP contribution < -0.4 is 16.2 Å². The summed E-state index contributed by atoms with van der Waals surface area (Å²) in [5.74, 6) is -0.269. The topological polar surface area (TPSA) is 114 Å². The zero-order valence-corrected chi connectivity index (χ0v) is 18.3. The van der Waals surface area contributed by atoms with Crippen molar-refractivity contribution in [2.45, 2.75) is 25.8 Å². The van der Waals surface area contributed by atoms with Crippen molar-refractivity contribution in [3.8, 4) is 0 Å². The van der Waals surface area contributed by atoms with Gasteiger partial charge in [-0.15, -0.1) is 0 Å².